The third-order valence-electron chi connectivity index (χ3n) is 2.84. The van der Waals surface area contributed by atoms with Crippen LogP contribution in [0.25, 0.3) is 4.96 Å². The molecule has 0 aliphatic carbocycles. The molecular formula is C14H12N2O3S. The number of hydrogen-bond donors (Lipinski definition) is 0. The normalized spacial score (nSPS) is 10.7. The molecule has 0 aliphatic heterocycles. The molecule has 6 heteroatoms. The number of nitrogens with zero attached hydrogens (tertiary/aromatic N) is 2. The lowest BCUT2D eigenvalue weighted by Gasteiger charge is -2.09. The number of aldehydes is 1. The van der Waals surface area contributed by atoms with E-state index in [1.807, 2.05) is 22.2 Å². The van der Waals surface area contributed by atoms with Gasteiger partial charge in [0.25, 0.3) is 0 Å². The molecule has 20 heavy (non-hydrogen) atoms. The molecule has 0 bridgehead atoms. The highest BCUT2D eigenvalue weighted by atomic mass is 32.1. The summed E-state index contributed by atoms with van der Waals surface area (Å²) in [4.78, 5) is 16.1. The Bertz CT molecular complexity index is 719. The van der Waals surface area contributed by atoms with Crippen LogP contribution < -0.4 is 9.47 Å². The van der Waals surface area contributed by atoms with Crippen LogP contribution in [0.4, 0.5) is 0 Å². The van der Waals surface area contributed by atoms with Crippen molar-refractivity contribution in [1.29, 1.82) is 0 Å². The number of methoxy groups -OCH3 is 1. The second-order valence-corrected chi connectivity index (χ2v) is 5.01. The minimum absolute atomic E-state index is 0.352. The van der Waals surface area contributed by atoms with Crippen LogP contribution in [0.15, 0.2) is 36.0 Å². The first-order valence-electron chi connectivity index (χ1n) is 5.97. The number of aromatic nitrogens is 2. The fourth-order valence-electron chi connectivity index (χ4n) is 1.87. The Morgan fingerprint density at radius 1 is 1.40 bits per heavy atom. The van der Waals surface area contributed by atoms with Gasteiger partial charge in [-0.2, -0.15) is 0 Å². The third-order valence-corrected chi connectivity index (χ3v) is 3.61. The van der Waals surface area contributed by atoms with Crippen molar-refractivity contribution in [3.05, 3.63) is 47.2 Å². The van der Waals surface area contributed by atoms with Crippen molar-refractivity contribution < 1.29 is 14.3 Å². The fraction of sp³-hybridized carbons (Fsp3) is 0.143. The van der Waals surface area contributed by atoms with Crippen LogP contribution in [-0.2, 0) is 6.61 Å². The van der Waals surface area contributed by atoms with Crippen LogP contribution in [-0.4, -0.2) is 22.8 Å². The number of ether oxygens (including phenoxy) is 2. The van der Waals surface area contributed by atoms with Crippen molar-refractivity contribution in [2.45, 2.75) is 6.61 Å². The van der Waals surface area contributed by atoms with E-state index in [0.29, 0.717) is 23.7 Å². The Balaban J connectivity index is 1.77. The van der Waals surface area contributed by atoms with E-state index >= 15 is 0 Å². The quantitative estimate of drug-likeness (QED) is 0.677. The van der Waals surface area contributed by atoms with E-state index in [-0.39, 0.29) is 0 Å². The molecule has 102 valence electrons. The van der Waals surface area contributed by atoms with Gasteiger partial charge in [0.2, 0.25) is 0 Å². The van der Waals surface area contributed by atoms with Crippen molar-refractivity contribution >= 4 is 22.6 Å². The molecule has 0 spiro atoms. The SMILES string of the molecule is COc1cc(C=O)ccc1OCc1cn2ccsc2n1. The molecule has 0 atom stereocenters. The van der Waals surface area contributed by atoms with E-state index in [1.54, 1.807) is 36.6 Å². The topological polar surface area (TPSA) is 52.8 Å². The number of carbonyl (C=O) groups is 1. The summed E-state index contributed by atoms with van der Waals surface area (Å²) in [6, 6.07) is 5.06. The van der Waals surface area contributed by atoms with Crippen molar-refractivity contribution in [2.75, 3.05) is 7.11 Å². The molecule has 0 N–H and O–H groups in total. The zero-order valence-electron chi connectivity index (χ0n) is 10.8. The zero-order chi connectivity index (χ0) is 13.9. The van der Waals surface area contributed by atoms with Gasteiger partial charge in [-0.3, -0.25) is 9.20 Å². The molecule has 0 saturated carbocycles. The zero-order valence-corrected chi connectivity index (χ0v) is 11.6. The third kappa shape index (κ3) is 2.37. The van der Waals surface area contributed by atoms with Crippen molar-refractivity contribution in [2.24, 2.45) is 0 Å². The molecule has 0 amide bonds. The number of hydrogen-bond acceptors (Lipinski definition) is 5. The lowest BCUT2D eigenvalue weighted by Crippen LogP contribution is -1.98. The maximum Gasteiger partial charge on any atom is 0.193 e. The fourth-order valence-corrected chi connectivity index (χ4v) is 2.59. The van der Waals surface area contributed by atoms with E-state index in [4.69, 9.17) is 9.47 Å². The monoisotopic (exact) mass is 288 g/mol. The second-order valence-electron chi connectivity index (χ2n) is 4.14. The lowest BCUT2D eigenvalue weighted by atomic mass is 10.2. The van der Waals surface area contributed by atoms with Gasteiger partial charge >= 0.3 is 0 Å². The summed E-state index contributed by atoms with van der Waals surface area (Å²) in [6.07, 6.45) is 4.66. The first kappa shape index (κ1) is 12.7. The van der Waals surface area contributed by atoms with E-state index < -0.39 is 0 Å². The van der Waals surface area contributed by atoms with E-state index in [1.165, 1.54) is 0 Å². The van der Waals surface area contributed by atoms with E-state index in [9.17, 15) is 4.79 Å². The van der Waals surface area contributed by atoms with Gasteiger partial charge < -0.3 is 9.47 Å². The first-order chi connectivity index (χ1) is 9.80. The summed E-state index contributed by atoms with van der Waals surface area (Å²) in [5.74, 6) is 1.13. The van der Waals surface area contributed by atoms with Crippen LogP contribution >= 0.6 is 11.3 Å². The van der Waals surface area contributed by atoms with Crippen LogP contribution in [0, 0.1) is 0 Å². The second kappa shape index (κ2) is 5.34. The number of rotatable bonds is 5. The van der Waals surface area contributed by atoms with Crippen LogP contribution in [0.1, 0.15) is 16.1 Å². The molecule has 0 aliphatic rings. The summed E-state index contributed by atoms with van der Waals surface area (Å²) >= 11 is 1.58. The molecule has 2 heterocycles. The molecule has 5 nitrogen and oxygen atoms in total. The Hall–Kier alpha value is -2.34. The molecule has 0 radical (unpaired) electrons. The molecule has 2 aromatic heterocycles. The predicted molar refractivity (Wildman–Crippen MR) is 75.8 cm³/mol. The average molecular weight is 288 g/mol. The van der Waals surface area contributed by atoms with Gasteiger partial charge in [0.05, 0.1) is 12.8 Å². The summed E-state index contributed by atoms with van der Waals surface area (Å²) in [7, 11) is 1.55. The van der Waals surface area contributed by atoms with Crippen LogP contribution in [0.2, 0.25) is 0 Å². The molecule has 1 aromatic carbocycles. The van der Waals surface area contributed by atoms with E-state index in [2.05, 4.69) is 4.98 Å². The number of fused-ring (bicyclic) bond motifs is 1. The Kier molecular flexibility index (Phi) is 3.39. The lowest BCUT2D eigenvalue weighted by molar-refractivity contribution is 0.112. The van der Waals surface area contributed by atoms with Gasteiger partial charge in [-0.25, -0.2) is 4.98 Å². The summed E-state index contributed by atoms with van der Waals surface area (Å²) in [5, 5.41) is 1.98. The molecular weight excluding hydrogens is 276 g/mol. The highest BCUT2D eigenvalue weighted by molar-refractivity contribution is 7.15. The Labute approximate surface area is 119 Å². The smallest absolute Gasteiger partial charge is 0.193 e. The largest absolute Gasteiger partial charge is 0.493 e. The van der Waals surface area contributed by atoms with E-state index in [0.717, 1.165) is 16.9 Å². The number of imidazole rings is 1. The molecule has 0 saturated heterocycles. The van der Waals surface area contributed by atoms with Gasteiger partial charge in [0.1, 0.15) is 12.9 Å². The van der Waals surface area contributed by atoms with Crippen LogP contribution in [0.5, 0.6) is 11.5 Å². The van der Waals surface area contributed by atoms with Gasteiger partial charge in [0.15, 0.2) is 16.5 Å². The number of carbonyl (C=O) groups excluding carboxylic acids is 1. The maximum atomic E-state index is 10.7. The highest BCUT2D eigenvalue weighted by Gasteiger charge is 2.08. The minimum atomic E-state index is 0.352. The average Bonchev–Trinajstić information content (AvgIpc) is 3.05. The first-order valence-corrected chi connectivity index (χ1v) is 6.85. The van der Waals surface area contributed by atoms with Crippen molar-refractivity contribution in [1.82, 2.24) is 9.38 Å². The van der Waals surface area contributed by atoms with Gasteiger partial charge in [-0.1, -0.05) is 0 Å². The highest BCUT2D eigenvalue weighted by Crippen LogP contribution is 2.28. The van der Waals surface area contributed by atoms with Gasteiger partial charge in [-0.15, -0.1) is 11.3 Å². The predicted octanol–water partition coefficient (Wildman–Crippen LogP) is 2.80. The standard InChI is InChI=1S/C14H12N2O3S/c1-18-13-6-10(8-17)2-3-12(13)19-9-11-7-16-4-5-20-14(16)15-11/h2-8H,9H2,1H3. The molecule has 0 fully saturated rings. The summed E-state index contributed by atoms with van der Waals surface area (Å²) in [6.45, 7) is 0.352. The van der Waals surface area contributed by atoms with Crippen molar-refractivity contribution in [3.63, 3.8) is 0 Å². The number of thiazole rings is 1. The van der Waals surface area contributed by atoms with Gasteiger partial charge in [-0.05, 0) is 18.2 Å². The van der Waals surface area contributed by atoms with Crippen molar-refractivity contribution in [3.8, 4) is 11.5 Å². The summed E-state index contributed by atoms with van der Waals surface area (Å²) in [5.41, 5.74) is 1.40. The summed E-state index contributed by atoms with van der Waals surface area (Å²) < 4.78 is 12.9. The minimum Gasteiger partial charge on any atom is -0.493 e. The van der Waals surface area contributed by atoms with Crippen LogP contribution in [0.3, 0.4) is 0 Å². The molecule has 3 aromatic rings. The molecule has 3 rings (SSSR count). The van der Waals surface area contributed by atoms with Gasteiger partial charge in [0, 0.05) is 23.3 Å². The molecule has 0 unspecified atom stereocenters. The maximum absolute atomic E-state index is 10.7. The Morgan fingerprint density at radius 3 is 3.05 bits per heavy atom. The Morgan fingerprint density at radius 2 is 2.30 bits per heavy atom. The number of benzene rings is 1.